The molecule has 1 aromatic carbocycles. The summed E-state index contributed by atoms with van der Waals surface area (Å²) in [6.07, 6.45) is 0.461. The summed E-state index contributed by atoms with van der Waals surface area (Å²) >= 11 is 0. The van der Waals surface area contributed by atoms with Crippen molar-refractivity contribution >= 4 is 5.78 Å². The lowest BCUT2D eigenvalue weighted by atomic mass is 9.85. The van der Waals surface area contributed by atoms with Crippen molar-refractivity contribution in [3.63, 3.8) is 0 Å². The Kier molecular flexibility index (Phi) is 2.19. The van der Waals surface area contributed by atoms with Crippen molar-refractivity contribution < 1.29 is 4.79 Å². The molecular formula is C13H17NO. The van der Waals surface area contributed by atoms with E-state index in [9.17, 15) is 4.79 Å². The molecule has 15 heavy (non-hydrogen) atoms. The van der Waals surface area contributed by atoms with Gasteiger partial charge in [0.05, 0.1) is 0 Å². The zero-order valence-corrected chi connectivity index (χ0v) is 9.50. The van der Waals surface area contributed by atoms with Crippen LogP contribution in [0.3, 0.4) is 0 Å². The molecule has 0 aromatic heterocycles. The third-order valence-electron chi connectivity index (χ3n) is 3.02. The maximum absolute atomic E-state index is 11.7. The lowest BCUT2D eigenvalue weighted by Gasteiger charge is -2.19. The molecule has 2 nitrogen and oxygen atoms in total. The second-order valence-corrected chi connectivity index (χ2v) is 5.29. The first-order chi connectivity index (χ1) is 6.89. The van der Waals surface area contributed by atoms with E-state index in [2.05, 4.69) is 26.8 Å². The number of nitrogens with two attached hydrogens (primary N) is 1. The van der Waals surface area contributed by atoms with Crippen LogP contribution in [-0.2, 0) is 5.41 Å². The average Bonchev–Trinajstić information content (AvgIpc) is 2.41. The first kappa shape index (κ1) is 10.4. The van der Waals surface area contributed by atoms with Crippen molar-refractivity contribution in [2.24, 2.45) is 5.73 Å². The van der Waals surface area contributed by atoms with Gasteiger partial charge >= 0.3 is 0 Å². The second kappa shape index (κ2) is 3.17. The molecule has 0 bridgehead atoms. The Morgan fingerprint density at radius 2 is 2.00 bits per heavy atom. The highest BCUT2D eigenvalue weighted by atomic mass is 16.1. The van der Waals surface area contributed by atoms with E-state index in [0.717, 1.165) is 11.1 Å². The molecule has 1 unspecified atom stereocenters. The van der Waals surface area contributed by atoms with Gasteiger partial charge in [-0.1, -0.05) is 32.9 Å². The van der Waals surface area contributed by atoms with Crippen LogP contribution in [0.5, 0.6) is 0 Å². The number of rotatable bonds is 0. The standard InChI is InChI=1S/C13H17NO/c1-13(2,3)8-4-5-9-10(6-8)12(15)7-11(9)14/h4-6,11H,7,14H2,1-3H3. The van der Waals surface area contributed by atoms with Gasteiger partial charge in [0.15, 0.2) is 5.78 Å². The molecule has 2 rings (SSSR count). The monoisotopic (exact) mass is 203 g/mol. The van der Waals surface area contributed by atoms with Crippen LogP contribution in [0.25, 0.3) is 0 Å². The third kappa shape index (κ3) is 1.70. The summed E-state index contributed by atoms with van der Waals surface area (Å²) < 4.78 is 0. The molecule has 1 aliphatic carbocycles. The number of Topliss-reactive ketones (excluding diaryl/α,β-unsaturated/α-hetero) is 1. The van der Waals surface area contributed by atoms with Gasteiger partial charge in [-0.3, -0.25) is 4.79 Å². The van der Waals surface area contributed by atoms with Crippen molar-refractivity contribution in [3.05, 3.63) is 34.9 Å². The van der Waals surface area contributed by atoms with E-state index in [0.29, 0.717) is 6.42 Å². The van der Waals surface area contributed by atoms with Crippen LogP contribution in [0, 0.1) is 0 Å². The number of hydrogen-bond acceptors (Lipinski definition) is 2. The minimum atomic E-state index is -0.0958. The quantitative estimate of drug-likeness (QED) is 0.704. The summed E-state index contributed by atoms with van der Waals surface area (Å²) in [5, 5.41) is 0. The Balaban J connectivity index is 2.52. The van der Waals surface area contributed by atoms with Gasteiger partial charge in [-0.05, 0) is 22.6 Å². The van der Waals surface area contributed by atoms with E-state index in [4.69, 9.17) is 5.73 Å². The number of hydrogen-bond donors (Lipinski definition) is 1. The van der Waals surface area contributed by atoms with Gasteiger partial charge < -0.3 is 5.73 Å². The van der Waals surface area contributed by atoms with E-state index in [1.54, 1.807) is 0 Å². The largest absolute Gasteiger partial charge is 0.324 e. The molecule has 0 amide bonds. The van der Waals surface area contributed by atoms with Crippen LogP contribution in [-0.4, -0.2) is 5.78 Å². The average molecular weight is 203 g/mol. The maximum atomic E-state index is 11.7. The van der Waals surface area contributed by atoms with Gasteiger partial charge in [-0.25, -0.2) is 0 Å². The molecule has 1 atom stereocenters. The molecule has 0 heterocycles. The summed E-state index contributed by atoms with van der Waals surface area (Å²) in [4.78, 5) is 11.7. The van der Waals surface area contributed by atoms with Crippen molar-refractivity contribution in [3.8, 4) is 0 Å². The highest BCUT2D eigenvalue weighted by Gasteiger charge is 2.28. The number of carbonyl (C=O) groups excluding carboxylic acids is 1. The molecule has 2 heteroatoms. The van der Waals surface area contributed by atoms with Crippen molar-refractivity contribution in [1.29, 1.82) is 0 Å². The van der Waals surface area contributed by atoms with Crippen molar-refractivity contribution in [1.82, 2.24) is 0 Å². The van der Waals surface area contributed by atoms with Gasteiger partial charge in [-0.15, -0.1) is 0 Å². The Hall–Kier alpha value is -1.15. The molecule has 1 aromatic rings. The zero-order valence-electron chi connectivity index (χ0n) is 9.50. The first-order valence-corrected chi connectivity index (χ1v) is 5.33. The zero-order chi connectivity index (χ0) is 11.2. The van der Waals surface area contributed by atoms with Crippen LogP contribution in [0.1, 0.15) is 54.7 Å². The van der Waals surface area contributed by atoms with Gasteiger partial charge in [0, 0.05) is 18.0 Å². The minimum absolute atomic E-state index is 0.0853. The van der Waals surface area contributed by atoms with E-state index in [1.807, 2.05) is 12.1 Å². The molecule has 0 fully saturated rings. The molecule has 0 radical (unpaired) electrons. The lowest BCUT2D eigenvalue weighted by Crippen LogP contribution is -2.12. The van der Waals surface area contributed by atoms with E-state index < -0.39 is 0 Å². The molecule has 0 saturated carbocycles. The van der Waals surface area contributed by atoms with Crippen molar-refractivity contribution in [2.45, 2.75) is 38.6 Å². The fourth-order valence-electron chi connectivity index (χ4n) is 2.01. The smallest absolute Gasteiger partial charge is 0.165 e. The molecule has 0 saturated heterocycles. The van der Waals surface area contributed by atoms with Crippen LogP contribution in [0.2, 0.25) is 0 Å². The molecule has 0 aliphatic heterocycles. The number of ketones is 1. The van der Waals surface area contributed by atoms with Gasteiger partial charge in [0.2, 0.25) is 0 Å². The van der Waals surface area contributed by atoms with Gasteiger partial charge in [-0.2, -0.15) is 0 Å². The number of benzene rings is 1. The lowest BCUT2D eigenvalue weighted by molar-refractivity contribution is 0.0989. The topological polar surface area (TPSA) is 43.1 Å². The molecule has 80 valence electrons. The molecule has 0 spiro atoms. The highest BCUT2D eigenvalue weighted by Crippen LogP contribution is 2.33. The minimum Gasteiger partial charge on any atom is -0.324 e. The second-order valence-electron chi connectivity index (χ2n) is 5.29. The summed E-state index contributed by atoms with van der Waals surface area (Å²) in [5.74, 6) is 0.184. The summed E-state index contributed by atoms with van der Waals surface area (Å²) in [6, 6.07) is 5.99. The van der Waals surface area contributed by atoms with Gasteiger partial charge in [0.1, 0.15) is 0 Å². The normalized spacial score (nSPS) is 20.5. The highest BCUT2D eigenvalue weighted by molar-refractivity contribution is 6.01. The molecular weight excluding hydrogens is 186 g/mol. The summed E-state index contributed by atoms with van der Waals surface area (Å²) in [6.45, 7) is 6.44. The van der Waals surface area contributed by atoms with Crippen molar-refractivity contribution in [2.75, 3.05) is 0 Å². The van der Waals surface area contributed by atoms with Crippen LogP contribution in [0.15, 0.2) is 18.2 Å². The predicted molar refractivity (Wildman–Crippen MR) is 61.0 cm³/mol. The van der Waals surface area contributed by atoms with E-state index >= 15 is 0 Å². The summed E-state index contributed by atoms with van der Waals surface area (Å²) in [5.41, 5.74) is 8.99. The third-order valence-corrected chi connectivity index (χ3v) is 3.02. The van der Waals surface area contributed by atoms with Gasteiger partial charge in [0.25, 0.3) is 0 Å². The Labute approximate surface area is 90.5 Å². The van der Waals surface area contributed by atoms with E-state index in [-0.39, 0.29) is 17.2 Å². The SMILES string of the molecule is CC(C)(C)c1ccc2c(c1)C(=O)CC2N. The number of fused-ring (bicyclic) bond motifs is 1. The van der Waals surface area contributed by atoms with Crippen LogP contribution < -0.4 is 5.73 Å². The fourth-order valence-corrected chi connectivity index (χ4v) is 2.01. The first-order valence-electron chi connectivity index (χ1n) is 5.33. The Bertz CT molecular complexity index is 415. The van der Waals surface area contributed by atoms with E-state index in [1.165, 1.54) is 5.56 Å². The Morgan fingerprint density at radius 3 is 2.60 bits per heavy atom. The summed E-state index contributed by atoms with van der Waals surface area (Å²) in [7, 11) is 0. The molecule has 2 N–H and O–H groups in total. The fraction of sp³-hybridized carbons (Fsp3) is 0.462. The van der Waals surface area contributed by atoms with Crippen LogP contribution in [0.4, 0.5) is 0 Å². The predicted octanol–water partition coefficient (Wildman–Crippen LogP) is 2.57. The number of carbonyl (C=O) groups is 1. The molecule has 1 aliphatic rings. The Morgan fingerprint density at radius 1 is 1.33 bits per heavy atom. The maximum Gasteiger partial charge on any atom is 0.165 e. The van der Waals surface area contributed by atoms with Crippen LogP contribution >= 0.6 is 0 Å².